The molecule has 0 fully saturated rings. The molecule has 0 N–H and O–H groups in total. The molecule has 0 radical (unpaired) electrons. The van der Waals surface area contributed by atoms with Gasteiger partial charge in [-0.15, -0.1) is 0 Å². The molecule has 2 nitrogen and oxygen atoms in total. The summed E-state index contributed by atoms with van der Waals surface area (Å²) in [5.41, 5.74) is 0.0664. The summed E-state index contributed by atoms with van der Waals surface area (Å²) >= 11 is 9.04. The van der Waals surface area contributed by atoms with Gasteiger partial charge in [-0.2, -0.15) is 0 Å². The quantitative estimate of drug-likeness (QED) is 0.736. The number of allylic oxidation sites excluding steroid dienone is 1. The number of amides is 1. The van der Waals surface area contributed by atoms with Crippen molar-refractivity contribution in [3.05, 3.63) is 40.7 Å². The van der Waals surface area contributed by atoms with Crippen molar-refractivity contribution in [2.45, 2.75) is 17.7 Å². The molecular formula is C13H10BrClF3NO. The molecule has 0 saturated carbocycles. The lowest BCUT2D eigenvalue weighted by Crippen LogP contribution is -2.41. The SMILES string of the molecule is O=C1C(Br)CC=C(c2c(F)cccc2Cl)N1CC(F)F. The standard InChI is InChI=1S/C13H10BrClF3NO/c14-7-4-5-10(19(13(7)20)6-11(17)18)12-8(15)2-1-3-9(12)16/h1-3,5,7,11H,4,6H2. The zero-order chi connectivity index (χ0) is 14.9. The van der Waals surface area contributed by atoms with E-state index < -0.39 is 29.5 Å². The van der Waals surface area contributed by atoms with Crippen molar-refractivity contribution in [3.8, 4) is 0 Å². The Morgan fingerprint density at radius 3 is 2.75 bits per heavy atom. The Labute approximate surface area is 127 Å². The van der Waals surface area contributed by atoms with Gasteiger partial charge in [-0.3, -0.25) is 4.79 Å². The van der Waals surface area contributed by atoms with E-state index in [1.807, 2.05) is 0 Å². The van der Waals surface area contributed by atoms with E-state index >= 15 is 0 Å². The minimum Gasteiger partial charge on any atom is -0.305 e. The summed E-state index contributed by atoms with van der Waals surface area (Å²) in [6.45, 7) is -0.794. The Morgan fingerprint density at radius 2 is 2.15 bits per heavy atom. The minimum absolute atomic E-state index is 0.0254. The Kier molecular flexibility index (Phi) is 4.75. The van der Waals surface area contributed by atoms with Crippen molar-refractivity contribution in [1.29, 1.82) is 0 Å². The van der Waals surface area contributed by atoms with Crippen LogP contribution >= 0.6 is 27.5 Å². The third-order valence-corrected chi connectivity index (χ3v) is 3.96. The van der Waals surface area contributed by atoms with E-state index in [2.05, 4.69) is 15.9 Å². The van der Waals surface area contributed by atoms with Crippen molar-refractivity contribution in [2.75, 3.05) is 6.54 Å². The highest BCUT2D eigenvalue weighted by Gasteiger charge is 2.33. The number of benzene rings is 1. The summed E-state index contributed by atoms with van der Waals surface area (Å²) in [6.07, 6.45) is -0.891. The van der Waals surface area contributed by atoms with Gasteiger partial charge in [-0.05, 0) is 18.6 Å². The van der Waals surface area contributed by atoms with Gasteiger partial charge in [-0.1, -0.05) is 39.7 Å². The highest BCUT2D eigenvalue weighted by molar-refractivity contribution is 9.10. The molecule has 1 aliphatic heterocycles. The number of rotatable bonds is 3. The second-order valence-electron chi connectivity index (χ2n) is 4.23. The summed E-state index contributed by atoms with van der Waals surface area (Å²) in [6, 6.07) is 4.04. The fraction of sp³-hybridized carbons (Fsp3) is 0.308. The van der Waals surface area contributed by atoms with Crippen LogP contribution in [0.4, 0.5) is 13.2 Å². The molecule has 1 heterocycles. The fourth-order valence-corrected chi connectivity index (χ4v) is 2.71. The maximum absolute atomic E-state index is 13.9. The van der Waals surface area contributed by atoms with Crippen LogP contribution in [-0.4, -0.2) is 28.6 Å². The molecule has 0 bridgehead atoms. The van der Waals surface area contributed by atoms with Gasteiger partial charge in [0, 0.05) is 0 Å². The van der Waals surface area contributed by atoms with Crippen LogP contribution in [0.15, 0.2) is 24.3 Å². The van der Waals surface area contributed by atoms with Crippen molar-refractivity contribution in [1.82, 2.24) is 4.90 Å². The van der Waals surface area contributed by atoms with Gasteiger partial charge in [0.2, 0.25) is 5.91 Å². The van der Waals surface area contributed by atoms with Crippen LogP contribution in [0.2, 0.25) is 5.02 Å². The first kappa shape index (κ1) is 15.4. The van der Waals surface area contributed by atoms with E-state index in [1.165, 1.54) is 24.3 Å². The third kappa shape index (κ3) is 3.01. The summed E-state index contributed by atoms with van der Waals surface area (Å²) < 4.78 is 39.2. The summed E-state index contributed by atoms with van der Waals surface area (Å²) in [7, 11) is 0. The molecule has 0 spiro atoms. The Hall–Kier alpha value is -1.01. The van der Waals surface area contributed by atoms with E-state index in [0.29, 0.717) is 6.42 Å². The molecule has 20 heavy (non-hydrogen) atoms. The Bertz CT molecular complexity index is 544. The maximum Gasteiger partial charge on any atom is 0.256 e. The predicted molar refractivity (Wildman–Crippen MR) is 74.4 cm³/mol. The summed E-state index contributed by atoms with van der Waals surface area (Å²) in [5.74, 6) is -1.18. The number of alkyl halides is 3. The fourth-order valence-electron chi connectivity index (χ4n) is 2.02. The van der Waals surface area contributed by atoms with Crippen molar-refractivity contribution in [2.24, 2.45) is 0 Å². The molecule has 0 aliphatic carbocycles. The summed E-state index contributed by atoms with van der Waals surface area (Å²) in [4.78, 5) is 12.3. The molecule has 2 rings (SSSR count). The first-order chi connectivity index (χ1) is 9.41. The average molecular weight is 369 g/mol. The lowest BCUT2D eigenvalue weighted by atomic mass is 10.0. The van der Waals surface area contributed by atoms with Gasteiger partial charge in [-0.25, -0.2) is 13.2 Å². The van der Waals surface area contributed by atoms with Gasteiger partial charge < -0.3 is 4.90 Å². The predicted octanol–water partition coefficient (Wildman–Crippen LogP) is 4.08. The van der Waals surface area contributed by atoms with Crippen LogP contribution in [0.1, 0.15) is 12.0 Å². The first-order valence-electron chi connectivity index (χ1n) is 5.80. The Morgan fingerprint density at radius 1 is 1.45 bits per heavy atom. The molecule has 1 aliphatic rings. The monoisotopic (exact) mass is 367 g/mol. The number of carbonyl (C=O) groups excluding carboxylic acids is 1. The molecule has 108 valence electrons. The van der Waals surface area contributed by atoms with E-state index in [9.17, 15) is 18.0 Å². The lowest BCUT2D eigenvalue weighted by molar-refractivity contribution is -0.129. The van der Waals surface area contributed by atoms with E-state index in [0.717, 1.165) is 4.90 Å². The van der Waals surface area contributed by atoms with Crippen LogP contribution in [0, 0.1) is 5.82 Å². The number of halogens is 5. The van der Waals surface area contributed by atoms with E-state index in [-0.39, 0.29) is 16.3 Å². The number of hydrogen-bond donors (Lipinski definition) is 0. The maximum atomic E-state index is 13.9. The number of nitrogens with zero attached hydrogens (tertiary/aromatic N) is 1. The van der Waals surface area contributed by atoms with Gasteiger partial charge in [0.1, 0.15) is 5.82 Å². The van der Waals surface area contributed by atoms with E-state index in [1.54, 1.807) is 0 Å². The zero-order valence-corrected chi connectivity index (χ0v) is 12.5. The average Bonchev–Trinajstić information content (AvgIpc) is 2.37. The zero-order valence-electron chi connectivity index (χ0n) is 10.1. The molecule has 1 aromatic rings. The second-order valence-corrected chi connectivity index (χ2v) is 5.74. The second kappa shape index (κ2) is 6.18. The highest BCUT2D eigenvalue weighted by Crippen LogP contribution is 2.34. The molecule has 7 heteroatoms. The van der Waals surface area contributed by atoms with Gasteiger partial charge in [0.15, 0.2) is 0 Å². The first-order valence-corrected chi connectivity index (χ1v) is 7.09. The van der Waals surface area contributed by atoms with Crippen LogP contribution in [0.3, 0.4) is 0 Å². The molecular weight excluding hydrogens is 358 g/mol. The van der Waals surface area contributed by atoms with Crippen molar-refractivity contribution >= 4 is 39.1 Å². The smallest absolute Gasteiger partial charge is 0.256 e. The van der Waals surface area contributed by atoms with Crippen molar-refractivity contribution in [3.63, 3.8) is 0 Å². The molecule has 0 saturated heterocycles. The largest absolute Gasteiger partial charge is 0.305 e. The van der Waals surface area contributed by atoms with Crippen LogP contribution in [0.25, 0.3) is 5.70 Å². The summed E-state index contributed by atoms with van der Waals surface area (Å²) in [5, 5.41) is 0.0799. The molecule has 1 aromatic carbocycles. The molecule has 1 unspecified atom stereocenters. The Balaban J connectivity index is 2.49. The van der Waals surface area contributed by atoms with Gasteiger partial charge in [0.05, 0.1) is 27.7 Å². The van der Waals surface area contributed by atoms with Gasteiger partial charge in [0.25, 0.3) is 6.43 Å². The van der Waals surface area contributed by atoms with Crippen LogP contribution in [-0.2, 0) is 4.79 Å². The van der Waals surface area contributed by atoms with Crippen LogP contribution < -0.4 is 0 Å². The lowest BCUT2D eigenvalue weighted by Gasteiger charge is -2.31. The topological polar surface area (TPSA) is 20.3 Å². The van der Waals surface area contributed by atoms with E-state index in [4.69, 9.17) is 11.6 Å². The number of carbonyl (C=O) groups is 1. The van der Waals surface area contributed by atoms with Gasteiger partial charge >= 0.3 is 0 Å². The third-order valence-electron chi connectivity index (χ3n) is 2.88. The highest BCUT2D eigenvalue weighted by atomic mass is 79.9. The number of hydrogen-bond acceptors (Lipinski definition) is 1. The van der Waals surface area contributed by atoms with Crippen LogP contribution in [0.5, 0.6) is 0 Å². The molecule has 1 atom stereocenters. The normalized spacial score (nSPS) is 19.5. The van der Waals surface area contributed by atoms with Crippen molar-refractivity contribution < 1.29 is 18.0 Å². The molecule has 0 aromatic heterocycles. The minimum atomic E-state index is -2.72. The molecule has 1 amide bonds.